The second-order valence-corrected chi connectivity index (χ2v) is 6.01. The molecule has 0 radical (unpaired) electrons. The van der Waals surface area contributed by atoms with E-state index < -0.39 is 6.10 Å². The first-order valence-corrected chi connectivity index (χ1v) is 7.26. The van der Waals surface area contributed by atoms with Crippen LogP contribution in [0.3, 0.4) is 0 Å². The average Bonchev–Trinajstić information content (AvgIpc) is 2.56. The molecular weight excluding hydrogens is 351 g/mol. The Morgan fingerprint density at radius 1 is 1.42 bits per heavy atom. The molecule has 0 saturated heterocycles. The third-order valence-corrected chi connectivity index (χ3v) is 4.38. The highest BCUT2D eigenvalue weighted by atomic mass is 79.9. The summed E-state index contributed by atoms with van der Waals surface area (Å²) in [6.07, 6.45) is -0.245. The van der Waals surface area contributed by atoms with E-state index in [0.29, 0.717) is 16.6 Å². The second kappa shape index (κ2) is 5.83. The molecule has 1 heterocycles. The monoisotopic (exact) mass is 362 g/mol. The van der Waals surface area contributed by atoms with Gasteiger partial charge >= 0.3 is 0 Å². The Kier molecular flexibility index (Phi) is 4.56. The van der Waals surface area contributed by atoms with Crippen LogP contribution >= 0.6 is 39.1 Å². The Labute approximate surface area is 130 Å². The number of benzene rings is 1. The molecule has 1 aromatic heterocycles. The van der Waals surface area contributed by atoms with Gasteiger partial charge < -0.3 is 5.11 Å². The molecule has 0 fully saturated rings. The summed E-state index contributed by atoms with van der Waals surface area (Å²) < 4.78 is 2.39. The van der Waals surface area contributed by atoms with Crippen LogP contribution in [0.1, 0.15) is 22.9 Å². The van der Waals surface area contributed by atoms with E-state index in [1.807, 2.05) is 6.92 Å². The van der Waals surface area contributed by atoms with E-state index in [-0.39, 0.29) is 0 Å². The first-order valence-electron chi connectivity index (χ1n) is 5.71. The maximum absolute atomic E-state index is 10.3. The van der Waals surface area contributed by atoms with Gasteiger partial charge in [0.1, 0.15) is 5.15 Å². The molecule has 0 amide bonds. The van der Waals surface area contributed by atoms with Gasteiger partial charge in [0.25, 0.3) is 0 Å². The number of aliphatic hydroxyl groups is 1. The molecule has 0 spiro atoms. The fourth-order valence-corrected chi connectivity index (χ4v) is 3.18. The van der Waals surface area contributed by atoms with Crippen LogP contribution < -0.4 is 0 Å². The van der Waals surface area contributed by atoms with E-state index in [1.165, 1.54) is 0 Å². The van der Waals surface area contributed by atoms with Gasteiger partial charge in [-0.3, -0.25) is 4.68 Å². The molecule has 1 N–H and O–H groups in total. The van der Waals surface area contributed by atoms with Crippen LogP contribution in [-0.4, -0.2) is 14.9 Å². The normalized spacial score (nSPS) is 12.7. The van der Waals surface area contributed by atoms with Gasteiger partial charge in [-0.15, -0.1) is 0 Å². The summed E-state index contributed by atoms with van der Waals surface area (Å²) >= 11 is 15.5. The number of rotatable bonds is 3. The number of hydrogen-bond donors (Lipinski definition) is 1. The minimum absolute atomic E-state index is 0.415. The van der Waals surface area contributed by atoms with Gasteiger partial charge in [0.2, 0.25) is 0 Å². The van der Waals surface area contributed by atoms with Crippen LogP contribution in [-0.2, 0) is 13.5 Å². The third-order valence-electron chi connectivity index (χ3n) is 2.99. The minimum Gasteiger partial charge on any atom is -0.388 e. The van der Waals surface area contributed by atoms with Crippen molar-refractivity contribution in [3.05, 3.63) is 49.7 Å². The number of halogens is 3. The van der Waals surface area contributed by atoms with E-state index in [9.17, 15) is 5.11 Å². The molecule has 1 aromatic carbocycles. The Morgan fingerprint density at radius 2 is 2.11 bits per heavy atom. The molecule has 102 valence electrons. The van der Waals surface area contributed by atoms with E-state index in [1.54, 1.807) is 29.9 Å². The predicted molar refractivity (Wildman–Crippen MR) is 80.8 cm³/mol. The Balaban J connectivity index is 2.28. The zero-order chi connectivity index (χ0) is 14.2. The molecule has 3 nitrogen and oxygen atoms in total. The zero-order valence-electron chi connectivity index (χ0n) is 10.5. The van der Waals surface area contributed by atoms with Crippen molar-refractivity contribution < 1.29 is 5.11 Å². The highest BCUT2D eigenvalue weighted by Crippen LogP contribution is 2.31. The number of hydrogen-bond acceptors (Lipinski definition) is 2. The summed E-state index contributed by atoms with van der Waals surface area (Å²) in [4.78, 5) is 0. The van der Waals surface area contributed by atoms with Crippen molar-refractivity contribution in [3.8, 4) is 0 Å². The van der Waals surface area contributed by atoms with Crippen molar-refractivity contribution in [2.24, 2.45) is 7.05 Å². The van der Waals surface area contributed by atoms with Gasteiger partial charge in [0, 0.05) is 28.5 Å². The van der Waals surface area contributed by atoms with E-state index >= 15 is 0 Å². The molecule has 0 saturated carbocycles. The number of aryl methyl sites for hydroxylation is 2. The van der Waals surface area contributed by atoms with Gasteiger partial charge in [-0.25, -0.2) is 0 Å². The van der Waals surface area contributed by atoms with Crippen LogP contribution in [0, 0.1) is 6.92 Å². The Morgan fingerprint density at radius 3 is 2.63 bits per heavy atom. The minimum atomic E-state index is -0.660. The van der Waals surface area contributed by atoms with Crippen LogP contribution in [0.15, 0.2) is 22.7 Å². The summed E-state index contributed by atoms with van der Waals surface area (Å²) in [5.41, 5.74) is 2.47. The quantitative estimate of drug-likeness (QED) is 0.892. The SMILES string of the molecule is Cc1nn(C)c(Cl)c1CC(O)c1ccc(Cl)cc1Br. The first-order chi connectivity index (χ1) is 8.90. The topological polar surface area (TPSA) is 38.0 Å². The van der Waals surface area contributed by atoms with Crippen molar-refractivity contribution in [3.63, 3.8) is 0 Å². The number of aliphatic hydroxyl groups excluding tert-OH is 1. The van der Waals surface area contributed by atoms with Crippen molar-refractivity contribution in [1.82, 2.24) is 9.78 Å². The maximum atomic E-state index is 10.3. The standard InChI is InChI=1S/C13H13BrCl2N2O/c1-7-10(13(16)18(2)17-7)6-12(19)9-4-3-8(15)5-11(9)14/h3-5,12,19H,6H2,1-2H3. The lowest BCUT2D eigenvalue weighted by Gasteiger charge is -2.13. The highest BCUT2D eigenvalue weighted by Gasteiger charge is 2.18. The highest BCUT2D eigenvalue weighted by molar-refractivity contribution is 9.10. The summed E-state index contributed by atoms with van der Waals surface area (Å²) in [5, 5.41) is 15.8. The summed E-state index contributed by atoms with van der Waals surface area (Å²) in [6.45, 7) is 1.88. The lowest BCUT2D eigenvalue weighted by molar-refractivity contribution is 0.177. The summed E-state index contributed by atoms with van der Waals surface area (Å²) in [6, 6.07) is 5.32. The lowest BCUT2D eigenvalue weighted by atomic mass is 10.0. The van der Waals surface area contributed by atoms with Crippen molar-refractivity contribution >= 4 is 39.1 Å². The number of aromatic nitrogens is 2. The second-order valence-electron chi connectivity index (χ2n) is 4.36. The number of nitrogens with zero attached hydrogens (tertiary/aromatic N) is 2. The Bertz CT molecular complexity index is 613. The van der Waals surface area contributed by atoms with Crippen molar-refractivity contribution in [2.45, 2.75) is 19.4 Å². The zero-order valence-corrected chi connectivity index (χ0v) is 13.6. The van der Waals surface area contributed by atoms with E-state index in [2.05, 4.69) is 21.0 Å². The molecule has 1 atom stereocenters. The fourth-order valence-electron chi connectivity index (χ4n) is 1.98. The van der Waals surface area contributed by atoms with E-state index in [4.69, 9.17) is 23.2 Å². The van der Waals surface area contributed by atoms with Crippen molar-refractivity contribution in [2.75, 3.05) is 0 Å². The van der Waals surface area contributed by atoms with Crippen LogP contribution in [0.4, 0.5) is 0 Å². The molecule has 0 aliphatic carbocycles. The third kappa shape index (κ3) is 3.14. The molecule has 19 heavy (non-hydrogen) atoms. The fraction of sp³-hybridized carbons (Fsp3) is 0.308. The predicted octanol–water partition coefficient (Wildman–Crippen LogP) is 4.07. The molecule has 1 unspecified atom stereocenters. The van der Waals surface area contributed by atoms with E-state index in [0.717, 1.165) is 21.3 Å². The van der Waals surface area contributed by atoms with Gasteiger partial charge in [-0.2, -0.15) is 5.10 Å². The van der Waals surface area contributed by atoms with Gasteiger partial charge in [-0.05, 0) is 24.6 Å². The van der Waals surface area contributed by atoms with Gasteiger partial charge in [-0.1, -0.05) is 45.2 Å². The smallest absolute Gasteiger partial charge is 0.130 e. The van der Waals surface area contributed by atoms with Crippen molar-refractivity contribution in [1.29, 1.82) is 0 Å². The molecule has 0 aliphatic heterocycles. The first kappa shape index (κ1) is 14.9. The molecule has 0 bridgehead atoms. The van der Waals surface area contributed by atoms with Gasteiger partial charge in [0.15, 0.2) is 0 Å². The average molecular weight is 364 g/mol. The lowest BCUT2D eigenvalue weighted by Crippen LogP contribution is -2.03. The maximum Gasteiger partial charge on any atom is 0.130 e. The van der Waals surface area contributed by atoms with Gasteiger partial charge in [0.05, 0.1) is 11.8 Å². The van der Waals surface area contributed by atoms with Crippen LogP contribution in [0.25, 0.3) is 0 Å². The largest absolute Gasteiger partial charge is 0.388 e. The summed E-state index contributed by atoms with van der Waals surface area (Å²) in [5.74, 6) is 0. The molecule has 2 aromatic rings. The molecular formula is C13H13BrCl2N2O. The Hall–Kier alpha value is -0.550. The van der Waals surface area contributed by atoms with Crippen LogP contribution in [0.5, 0.6) is 0 Å². The van der Waals surface area contributed by atoms with Crippen LogP contribution in [0.2, 0.25) is 10.2 Å². The molecule has 0 aliphatic rings. The molecule has 2 rings (SSSR count). The molecule has 6 heteroatoms. The summed E-state index contributed by atoms with van der Waals surface area (Å²) in [7, 11) is 1.78.